The molecule has 4 nitrogen and oxygen atoms in total. The molecule has 0 aromatic heterocycles. The molecular formula is C9H8Br3NO3. The van der Waals surface area contributed by atoms with Crippen LogP contribution in [0.25, 0.3) is 0 Å². The van der Waals surface area contributed by atoms with Gasteiger partial charge in [0.05, 0.1) is 49.1 Å². The minimum Gasteiger partial charge on any atom is -0.393 e. The minimum absolute atomic E-state index is 0.308. The summed E-state index contributed by atoms with van der Waals surface area (Å²) in [6.45, 7) is -0.595. The summed E-state index contributed by atoms with van der Waals surface area (Å²) in [6, 6.07) is 5.00. The first-order chi connectivity index (χ1) is 7.49. The van der Waals surface area contributed by atoms with E-state index in [2.05, 4.69) is 48.2 Å². The largest absolute Gasteiger partial charge is 0.393 e. The predicted molar refractivity (Wildman–Crippen MR) is 71.9 cm³/mol. The summed E-state index contributed by atoms with van der Waals surface area (Å²) >= 11 is 9.60. The fraction of sp³-hybridized carbons (Fsp3) is 0.222. The molecule has 0 saturated heterocycles. The van der Waals surface area contributed by atoms with Crippen LogP contribution >= 0.6 is 48.2 Å². The Kier molecular flexibility index (Phi) is 5.39. The van der Waals surface area contributed by atoms with Gasteiger partial charge in [0.2, 0.25) is 0 Å². The van der Waals surface area contributed by atoms with Crippen LogP contribution in [0.3, 0.4) is 0 Å². The van der Waals surface area contributed by atoms with Gasteiger partial charge >= 0.3 is 0 Å². The van der Waals surface area contributed by atoms with E-state index in [-0.39, 0.29) is 0 Å². The van der Waals surface area contributed by atoms with Crippen molar-refractivity contribution in [2.75, 3.05) is 9.56 Å². The number of hydrogen-bond donors (Lipinski definition) is 2. The molecule has 0 radical (unpaired) electrons. The summed E-state index contributed by atoms with van der Waals surface area (Å²) in [6.07, 6.45) is -1.40. The van der Waals surface area contributed by atoms with Gasteiger partial charge in [0, 0.05) is 5.56 Å². The normalized spacial score (nSPS) is 12.3. The Morgan fingerprint density at radius 2 is 2.06 bits per heavy atom. The molecule has 0 spiro atoms. The van der Waals surface area contributed by atoms with Crippen molar-refractivity contribution in [3.63, 3.8) is 0 Å². The zero-order valence-corrected chi connectivity index (χ0v) is 12.7. The van der Waals surface area contributed by atoms with E-state index in [1.165, 1.54) is 2.95 Å². The molecule has 0 aliphatic carbocycles. The lowest BCUT2D eigenvalue weighted by atomic mass is 10.1. The van der Waals surface area contributed by atoms with Crippen LogP contribution in [0.4, 0.5) is 5.69 Å². The van der Waals surface area contributed by atoms with Crippen LogP contribution in [0.1, 0.15) is 10.4 Å². The van der Waals surface area contributed by atoms with Crippen molar-refractivity contribution in [3.05, 3.63) is 28.2 Å². The van der Waals surface area contributed by atoms with E-state index in [0.717, 1.165) is 0 Å². The Labute approximate surface area is 118 Å². The number of aliphatic hydroxyl groups excluding tert-OH is 2. The van der Waals surface area contributed by atoms with Gasteiger partial charge in [0.25, 0.3) is 0 Å². The van der Waals surface area contributed by atoms with E-state index in [0.29, 0.717) is 15.7 Å². The van der Waals surface area contributed by atoms with Crippen molar-refractivity contribution in [3.8, 4) is 0 Å². The molecule has 2 N–H and O–H groups in total. The molecule has 88 valence electrons. The number of carbonyl (C=O) groups is 1. The third-order valence-corrected chi connectivity index (χ3v) is 3.50. The van der Waals surface area contributed by atoms with Gasteiger partial charge in [0.15, 0.2) is 5.78 Å². The van der Waals surface area contributed by atoms with Crippen molar-refractivity contribution in [2.45, 2.75) is 6.10 Å². The summed E-state index contributed by atoms with van der Waals surface area (Å²) in [5.41, 5.74) is 0.985. The summed E-state index contributed by atoms with van der Waals surface area (Å²) in [7, 11) is 0. The highest BCUT2D eigenvalue weighted by molar-refractivity contribution is 9.25. The van der Waals surface area contributed by atoms with Crippen LogP contribution in [0.15, 0.2) is 22.7 Å². The van der Waals surface area contributed by atoms with Crippen molar-refractivity contribution < 1.29 is 15.0 Å². The van der Waals surface area contributed by atoms with Crippen molar-refractivity contribution >= 4 is 59.7 Å². The van der Waals surface area contributed by atoms with E-state index in [9.17, 15) is 9.90 Å². The fourth-order valence-electron chi connectivity index (χ4n) is 1.10. The number of halogens is 3. The minimum atomic E-state index is -1.40. The predicted octanol–water partition coefficient (Wildman–Crippen LogP) is 2.41. The first-order valence-corrected chi connectivity index (χ1v) is 6.43. The molecule has 1 rings (SSSR count). The van der Waals surface area contributed by atoms with Crippen LogP contribution in [0.5, 0.6) is 0 Å². The summed E-state index contributed by atoms with van der Waals surface area (Å²) < 4.78 is 2.01. The molecule has 0 amide bonds. The molecule has 0 aliphatic heterocycles. The summed E-state index contributed by atoms with van der Waals surface area (Å²) in [4.78, 5) is 11.7. The lowest BCUT2D eigenvalue weighted by molar-refractivity contribution is 0.0587. The number of carbonyl (C=O) groups excluding carboxylic acids is 1. The maximum absolute atomic E-state index is 11.7. The molecule has 1 unspecified atom stereocenters. The number of nitrogens with zero attached hydrogens (tertiary/aromatic N) is 1. The molecular weight excluding hydrogens is 410 g/mol. The zero-order valence-electron chi connectivity index (χ0n) is 7.90. The number of Topliss-reactive ketones (excluding diaryl/α,β-unsaturated/α-hetero) is 1. The smallest absolute Gasteiger partial charge is 0.194 e. The number of ketones is 1. The fourth-order valence-corrected chi connectivity index (χ4v) is 2.81. The first-order valence-electron chi connectivity index (χ1n) is 4.22. The first kappa shape index (κ1) is 14.1. The highest BCUT2D eigenvalue weighted by atomic mass is 79.9. The Hall–Kier alpha value is 0.0500. The molecule has 7 heteroatoms. The molecule has 16 heavy (non-hydrogen) atoms. The Morgan fingerprint density at radius 1 is 1.44 bits per heavy atom. The molecule has 0 bridgehead atoms. The van der Waals surface area contributed by atoms with Gasteiger partial charge in [-0.25, -0.2) is 2.95 Å². The number of rotatable bonds is 4. The Balaban J connectivity index is 3.15. The average Bonchev–Trinajstić information content (AvgIpc) is 2.27. The SMILES string of the molecule is O=C(c1cccc(N(Br)Br)c1Br)C(O)CO. The molecule has 1 atom stereocenters. The van der Waals surface area contributed by atoms with E-state index in [1.54, 1.807) is 18.2 Å². The van der Waals surface area contributed by atoms with E-state index in [4.69, 9.17) is 5.11 Å². The lowest BCUT2D eigenvalue weighted by Crippen LogP contribution is -2.24. The number of aliphatic hydroxyl groups is 2. The van der Waals surface area contributed by atoms with Crippen LogP contribution < -0.4 is 2.95 Å². The maximum atomic E-state index is 11.7. The maximum Gasteiger partial charge on any atom is 0.194 e. The van der Waals surface area contributed by atoms with Crippen LogP contribution in [-0.2, 0) is 0 Å². The van der Waals surface area contributed by atoms with E-state index < -0.39 is 18.5 Å². The van der Waals surface area contributed by atoms with Gasteiger partial charge in [-0.15, -0.1) is 0 Å². The monoisotopic (exact) mass is 415 g/mol. The molecule has 0 fully saturated rings. The standard InChI is InChI=1S/C9H8Br3NO3/c10-8-5(9(16)7(15)4-14)2-1-3-6(8)13(11)12/h1-3,7,14-15H,4H2. The van der Waals surface area contributed by atoms with Gasteiger partial charge in [-0.05, 0) is 22.0 Å². The third kappa shape index (κ3) is 3.04. The summed E-state index contributed by atoms with van der Waals surface area (Å²) in [5.74, 6) is -0.530. The third-order valence-electron chi connectivity index (χ3n) is 1.90. The molecule has 1 aromatic carbocycles. The van der Waals surface area contributed by atoms with Gasteiger partial charge < -0.3 is 10.2 Å². The second-order valence-electron chi connectivity index (χ2n) is 2.93. The van der Waals surface area contributed by atoms with E-state index in [1.807, 2.05) is 0 Å². The quantitative estimate of drug-likeness (QED) is 0.583. The van der Waals surface area contributed by atoms with Crippen molar-refractivity contribution in [2.24, 2.45) is 0 Å². The summed E-state index contributed by atoms with van der Waals surface area (Å²) in [5, 5.41) is 18.0. The van der Waals surface area contributed by atoms with Gasteiger partial charge in [-0.2, -0.15) is 0 Å². The molecule has 1 aromatic rings. The molecule has 0 saturated carbocycles. The second-order valence-corrected chi connectivity index (χ2v) is 6.10. The average molecular weight is 418 g/mol. The van der Waals surface area contributed by atoms with Gasteiger partial charge in [-0.3, -0.25) is 4.79 Å². The second kappa shape index (κ2) is 6.11. The van der Waals surface area contributed by atoms with Gasteiger partial charge in [0.1, 0.15) is 6.10 Å². The number of anilines is 1. The Morgan fingerprint density at radius 3 is 2.56 bits per heavy atom. The van der Waals surface area contributed by atoms with Crippen LogP contribution in [-0.4, -0.2) is 28.7 Å². The zero-order chi connectivity index (χ0) is 12.3. The molecule has 0 heterocycles. The Bertz CT molecular complexity index is 398. The highest BCUT2D eigenvalue weighted by Gasteiger charge is 2.20. The van der Waals surface area contributed by atoms with Crippen LogP contribution in [0, 0.1) is 0 Å². The van der Waals surface area contributed by atoms with Crippen LogP contribution in [0.2, 0.25) is 0 Å². The van der Waals surface area contributed by atoms with Gasteiger partial charge in [-0.1, -0.05) is 12.1 Å². The topological polar surface area (TPSA) is 60.8 Å². The van der Waals surface area contributed by atoms with E-state index >= 15 is 0 Å². The lowest BCUT2D eigenvalue weighted by Gasteiger charge is -2.13. The number of hydrogen-bond acceptors (Lipinski definition) is 4. The van der Waals surface area contributed by atoms with Crippen molar-refractivity contribution in [1.82, 2.24) is 0 Å². The van der Waals surface area contributed by atoms with Crippen molar-refractivity contribution in [1.29, 1.82) is 0 Å². The number of benzene rings is 1. The highest BCUT2D eigenvalue weighted by Crippen LogP contribution is 2.33. The molecule has 0 aliphatic rings.